The molecule has 2 amide bonds. The lowest BCUT2D eigenvalue weighted by molar-refractivity contribution is -0.146. The van der Waals surface area contributed by atoms with Crippen LogP contribution in [0.4, 0.5) is 0 Å². The molecule has 0 spiro atoms. The van der Waals surface area contributed by atoms with E-state index in [2.05, 4.69) is 11.4 Å². The molecular weight excluding hydrogens is 364 g/mol. The van der Waals surface area contributed by atoms with Gasteiger partial charge < -0.3 is 19.3 Å². The van der Waals surface area contributed by atoms with Crippen LogP contribution in [0.15, 0.2) is 41.1 Å². The van der Waals surface area contributed by atoms with Gasteiger partial charge in [0.15, 0.2) is 11.5 Å². The Hall–Kier alpha value is -2.54. The lowest BCUT2D eigenvalue weighted by Gasteiger charge is -2.37. The highest BCUT2D eigenvalue weighted by molar-refractivity contribution is 7.07. The Kier molecular flexibility index (Phi) is 5.29. The molecule has 0 aliphatic carbocycles. The average Bonchev–Trinajstić information content (AvgIpc) is 3.25. The number of hydrogen-bond donors (Lipinski definition) is 0. The molecule has 0 bridgehead atoms. The van der Waals surface area contributed by atoms with Crippen LogP contribution >= 0.6 is 11.3 Å². The molecule has 1 unspecified atom stereocenters. The van der Waals surface area contributed by atoms with E-state index < -0.39 is 6.10 Å². The van der Waals surface area contributed by atoms with Crippen LogP contribution in [0.3, 0.4) is 0 Å². The standard InChI is InChI=1S/C20H22N2O4S/c23-19(6-5-15-7-12-27-14-15)21-8-10-22(11-9-21)20(24)18-13-25-16-3-1-2-4-17(16)26-18/h1-4,7,12,14,18H,5-6,8-11,13H2. The summed E-state index contributed by atoms with van der Waals surface area (Å²) in [5.74, 6) is 1.35. The van der Waals surface area contributed by atoms with Crippen LogP contribution in [0, 0.1) is 0 Å². The SMILES string of the molecule is O=C(CCc1ccsc1)N1CCN(C(=O)C2COc3ccccc3O2)CC1. The van der Waals surface area contributed by atoms with Crippen LogP contribution in [-0.4, -0.2) is 60.5 Å². The number of benzene rings is 1. The van der Waals surface area contributed by atoms with Crippen LogP contribution in [-0.2, 0) is 16.0 Å². The van der Waals surface area contributed by atoms with Crippen molar-refractivity contribution in [3.63, 3.8) is 0 Å². The molecule has 1 atom stereocenters. The smallest absolute Gasteiger partial charge is 0.267 e. The summed E-state index contributed by atoms with van der Waals surface area (Å²) in [4.78, 5) is 28.7. The number of aryl methyl sites for hydroxylation is 1. The Morgan fingerprint density at radius 2 is 1.78 bits per heavy atom. The van der Waals surface area contributed by atoms with Gasteiger partial charge in [-0.2, -0.15) is 11.3 Å². The fraction of sp³-hybridized carbons (Fsp3) is 0.400. The third-order valence-corrected chi connectivity index (χ3v) is 5.67. The van der Waals surface area contributed by atoms with Crippen LogP contribution in [0.1, 0.15) is 12.0 Å². The van der Waals surface area contributed by atoms with Crippen LogP contribution in [0.2, 0.25) is 0 Å². The van der Waals surface area contributed by atoms with Crippen molar-refractivity contribution in [2.75, 3.05) is 32.8 Å². The van der Waals surface area contributed by atoms with Crippen molar-refractivity contribution in [3.05, 3.63) is 46.7 Å². The Balaban J connectivity index is 1.26. The zero-order valence-corrected chi connectivity index (χ0v) is 15.8. The molecule has 2 aromatic rings. The van der Waals surface area contributed by atoms with Crippen molar-refractivity contribution < 1.29 is 19.1 Å². The van der Waals surface area contributed by atoms with Crippen molar-refractivity contribution >= 4 is 23.2 Å². The van der Waals surface area contributed by atoms with Crippen molar-refractivity contribution in [1.29, 1.82) is 0 Å². The van der Waals surface area contributed by atoms with Gasteiger partial charge >= 0.3 is 0 Å². The number of rotatable bonds is 4. The minimum Gasteiger partial charge on any atom is -0.485 e. The monoisotopic (exact) mass is 386 g/mol. The summed E-state index contributed by atoms with van der Waals surface area (Å²) in [5.41, 5.74) is 1.21. The van der Waals surface area contributed by atoms with Gasteiger partial charge in [-0.05, 0) is 40.9 Å². The highest BCUT2D eigenvalue weighted by Gasteiger charge is 2.33. The summed E-state index contributed by atoms with van der Waals surface area (Å²) >= 11 is 1.65. The van der Waals surface area contributed by atoms with Crippen molar-refractivity contribution in [2.24, 2.45) is 0 Å². The summed E-state index contributed by atoms with van der Waals surface area (Å²) < 4.78 is 11.4. The molecule has 0 N–H and O–H groups in total. The highest BCUT2D eigenvalue weighted by Crippen LogP contribution is 2.31. The molecule has 0 saturated carbocycles. The Morgan fingerprint density at radius 1 is 1.04 bits per heavy atom. The van der Waals surface area contributed by atoms with Gasteiger partial charge in [-0.3, -0.25) is 9.59 Å². The van der Waals surface area contributed by atoms with Gasteiger partial charge in [0.1, 0.15) is 6.61 Å². The number of amides is 2. The number of piperazine rings is 1. The molecule has 1 aromatic heterocycles. The first-order valence-electron chi connectivity index (χ1n) is 9.17. The van der Waals surface area contributed by atoms with E-state index >= 15 is 0 Å². The molecule has 7 heteroatoms. The Labute approximate surface area is 162 Å². The molecule has 1 saturated heterocycles. The fourth-order valence-corrected chi connectivity index (χ4v) is 4.07. The van der Waals surface area contributed by atoms with E-state index in [-0.39, 0.29) is 18.4 Å². The second-order valence-electron chi connectivity index (χ2n) is 6.70. The first-order chi connectivity index (χ1) is 13.2. The van der Waals surface area contributed by atoms with Gasteiger partial charge in [0.2, 0.25) is 12.0 Å². The topological polar surface area (TPSA) is 59.1 Å². The highest BCUT2D eigenvalue weighted by atomic mass is 32.1. The van der Waals surface area contributed by atoms with Crippen LogP contribution < -0.4 is 9.47 Å². The summed E-state index contributed by atoms with van der Waals surface area (Å²) in [6.45, 7) is 2.42. The molecular formula is C20H22N2O4S. The van der Waals surface area contributed by atoms with Gasteiger partial charge in [0, 0.05) is 32.6 Å². The molecule has 1 aromatic carbocycles. The second kappa shape index (κ2) is 8.00. The predicted molar refractivity (Wildman–Crippen MR) is 102 cm³/mol. The maximum absolute atomic E-state index is 12.7. The number of nitrogens with zero attached hydrogens (tertiary/aromatic N) is 2. The van der Waals surface area contributed by atoms with E-state index in [1.54, 1.807) is 22.3 Å². The minimum atomic E-state index is -0.624. The maximum atomic E-state index is 12.7. The van der Waals surface area contributed by atoms with Gasteiger partial charge in [-0.15, -0.1) is 0 Å². The van der Waals surface area contributed by atoms with E-state index in [0.717, 1.165) is 6.42 Å². The molecule has 0 radical (unpaired) electrons. The van der Waals surface area contributed by atoms with E-state index in [1.165, 1.54) is 5.56 Å². The lowest BCUT2D eigenvalue weighted by atomic mass is 10.1. The number of ether oxygens (including phenoxy) is 2. The quantitative estimate of drug-likeness (QED) is 0.808. The summed E-state index contributed by atoms with van der Waals surface area (Å²) in [5, 5.41) is 4.11. The van der Waals surface area contributed by atoms with Crippen molar-refractivity contribution in [1.82, 2.24) is 9.80 Å². The summed E-state index contributed by atoms with van der Waals surface area (Å²) in [6.07, 6.45) is 0.663. The van der Waals surface area contributed by atoms with Gasteiger partial charge in [0.25, 0.3) is 5.91 Å². The first kappa shape index (κ1) is 17.9. The van der Waals surface area contributed by atoms with Gasteiger partial charge in [-0.1, -0.05) is 12.1 Å². The summed E-state index contributed by atoms with van der Waals surface area (Å²) in [7, 11) is 0. The number of thiophene rings is 1. The average molecular weight is 386 g/mol. The second-order valence-corrected chi connectivity index (χ2v) is 7.48. The van der Waals surface area contributed by atoms with Crippen LogP contribution in [0.25, 0.3) is 0 Å². The number of hydrogen-bond acceptors (Lipinski definition) is 5. The summed E-state index contributed by atoms with van der Waals surface area (Å²) in [6, 6.07) is 9.42. The molecule has 2 aliphatic heterocycles. The van der Waals surface area contributed by atoms with E-state index in [1.807, 2.05) is 28.5 Å². The normalized spacial score (nSPS) is 19.0. The molecule has 1 fully saturated rings. The zero-order valence-electron chi connectivity index (χ0n) is 15.0. The van der Waals surface area contributed by atoms with E-state index in [9.17, 15) is 9.59 Å². The molecule has 27 heavy (non-hydrogen) atoms. The molecule has 142 valence electrons. The van der Waals surface area contributed by atoms with E-state index in [4.69, 9.17) is 9.47 Å². The number of fused-ring (bicyclic) bond motifs is 1. The molecule has 6 nitrogen and oxygen atoms in total. The minimum absolute atomic E-state index is 0.0742. The number of carbonyl (C=O) groups is 2. The first-order valence-corrected chi connectivity index (χ1v) is 10.1. The molecule has 4 rings (SSSR count). The number of para-hydroxylation sites is 2. The van der Waals surface area contributed by atoms with Gasteiger partial charge in [0.05, 0.1) is 0 Å². The third-order valence-electron chi connectivity index (χ3n) is 4.94. The Bertz CT molecular complexity index is 800. The fourth-order valence-electron chi connectivity index (χ4n) is 3.37. The lowest BCUT2D eigenvalue weighted by Crippen LogP contribution is -2.55. The van der Waals surface area contributed by atoms with Crippen molar-refractivity contribution in [3.8, 4) is 11.5 Å². The van der Waals surface area contributed by atoms with E-state index in [0.29, 0.717) is 44.1 Å². The molecule has 3 heterocycles. The van der Waals surface area contributed by atoms with Crippen LogP contribution in [0.5, 0.6) is 11.5 Å². The third kappa shape index (κ3) is 4.08. The zero-order chi connectivity index (χ0) is 18.6. The van der Waals surface area contributed by atoms with Gasteiger partial charge in [-0.25, -0.2) is 0 Å². The maximum Gasteiger partial charge on any atom is 0.267 e. The van der Waals surface area contributed by atoms with Crippen molar-refractivity contribution in [2.45, 2.75) is 18.9 Å². The Morgan fingerprint density at radius 3 is 2.52 bits per heavy atom. The predicted octanol–water partition coefficient (Wildman–Crippen LogP) is 2.19. The number of carbonyl (C=O) groups excluding carboxylic acids is 2. The largest absolute Gasteiger partial charge is 0.485 e. The molecule has 2 aliphatic rings.